The number of ether oxygens (including phenoxy) is 1. The lowest BCUT2D eigenvalue weighted by molar-refractivity contribution is 0.0440. The Morgan fingerprint density at radius 2 is 2.10 bits per heavy atom. The Hall–Kier alpha value is -1.49. The zero-order valence-electron chi connectivity index (χ0n) is 11.4. The number of rotatable bonds is 3. The molecule has 4 nitrogen and oxygen atoms in total. The maximum absolute atomic E-state index is 5.84. The number of fused-ring (bicyclic) bond motifs is 1. The second kappa shape index (κ2) is 6.79. The molecule has 20 heavy (non-hydrogen) atoms. The lowest BCUT2D eigenvalue weighted by atomic mass is 9.90. The van der Waals surface area contributed by atoms with Gasteiger partial charge < -0.3 is 10.1 Å². The summed E-state index contributed by atoms with van der Waals surface area (Å²) in [4.78, 5) is 8.22. The first-order valence-corrected chi connectivity index (χ1v) is 6.53. The number of aromatic nitrogens is 2. The standard InChI is InChI=1S/C15H17N3O.ClH/c1-16-9-15-14-4-2-3-12(13(14)5-6-19-15)11-7-17-10-18-8-11;/h2-4,7-8,10,15-16H,5-6,9H2,1H3;1H. The molecule has 1 atom stereocenters. The van der Waals surface area contributed by atoms with E-state index in [1.165, 1.54) is 16.7 Å². The molecule has 0 bridgehead atoms. The molecule has 0 amide bonds. The topological polar surface area (TPSA) is 47.0 Å². The summed E-state index contributed by atoms with van der Waals surface area (Å²) in [5.74, 6) is 0. The van der Waals surface area contributed by atoms with Crippen LogP contribution in [0.2, 0.25) is 0 Å². The second-order valence-corrected chi connectivity index (χ2v) is 4.67. The van der Waals surface area contributed by atoms with Crippen molar-refractivity contribution in [2.24, 2.45) is 0 Å². The van der Waals surface area contributed by atoms with Crippen LogP contribution >= 0.6 is 12.4 Å². The monoisotopic (exact) mass is 291 g/mol. The van der Waals surface area contributed by atoms with Crippen LogP contribution in [-0.4, -0.2) is 30.2 Å². The molecule has 0 saturated heterocycles. The van der Waals surface area contributed by atoms with Gasteiger partial charge >= 0.3 is 0 Å². The predicted molar refractivity (Wildman–Crippen MR) is 81.0 cm³/mol. The van der Waals surface area contributed by atoms with Crippen LogP contribution in [0.25, 0.3) is 11.1 Å². The Labute approximate surface area is 125 Å². The van der Waals surface area contributed by atoms with E-state index in [1.54, 1.807) is 6.33 Å². The van der Waals surface area contributed by atoms with E-state index in [2.05, 4.69) is 33.5 Å². The summed E-state index contributed by atoms with van der Waals surface area (Å²) in [5.41, 5.74) is 4.94. The fourth-order valence-corrected chi connectivity index (χ4v) is 2.64. The van der Waals surface area contributed by atoms with Crippen molar-refractivity contribution in [2.45, 2.75) is 12.5 Å². The van der Waals surface area contributed by atoms with Crippen molar-refractivity contribution in [2.75, 3.05) is 20.2 Å². The molecule has 5 heteroatoms. The Balaban J connectivity index is 0.00000147. The Bertz CT molecular complexity index is 562. The quantitative estimate of drug-likeness (QED) is 0.943. The van der Waals surface area contributed by atoms with E-state index in [0.717, 1.165) is 25.1 Å². The number of nitrogens with one attached hydrogen (secondary N) is 1. The highest BCUT2D eigenvalue weighted by atomic mass is 35.5. The summed E-state index contributed by atoms with van der Waals surface area (Å²) >= 11 is 0. The summed E-state index contributed by atoms with van der Waals surface area (Å²) in [6, 6.07) is 6.38. The first kappa shape index (κ1) is 14.9. The predicted octanol–water partition coefficient (Wildman–Crippen LogP) is 2.40. The minimum Gasteiger partial charge on any atom is -0.372 e. The van der Waals surface area contributed by atoms with Gasteiger partial charge in [0.15, 0.2) is 0 Å². The van der Waals surface area contributed by atoms with Crippen molar-refractivity contribution in [3.8, 4) is 11.1 Å². The molecule has 2 aromatic rings. The third-order valence-corrected chi connectivity index (χ3v) is 3.49. The molecule has 1 aliphatic rings. The molecule has 3 rings (SSSR count). The maximum atomic E-state index is 5.84. The molecule has 106 valence electrons. The van der Waals surface area contributed by atoms with E-state index >= 15 is 0 Å². The highest BCUT2D eigenvalue weighted by Crippen LogP contribution is 2.33. The molecule has 0 saturated carbocycles. The van der Waals surface area contributed by atoms with E-state index in [9.17, 15) is 0 Å². The number of hydrogen-bond acceptors (Lipinski definition) is 4. The zero-order chi connectivity index (χ0) is 13.1. The van der Waals surface area contributed by atoms with E-state index < -0.39 is 0 Å². The van der Waals surface area contributed by atoms with E-state index in [0.29, 0.717) is 0 Å². The summed E-state index contributed by atoms with van der Waals surface area (Å²) in [6.07, 6.45) is 6.38. The average Bonchev–Trinajstić information content (AvgIpc) is 2.48. The van der Waals surface area contributed by atoms with Crippen LogP contribution in [0, 0.1) is 0 Å². The van der Waals surface area contributed by atoms with Gasteiger partial charge in [-0.15, -0.1) is 12.4 Å². The van der Waals surface area contributed by atoms with Gasteiger partial charge in [0.2, 0.25) is 0 Å². The molecule has 1 N–H and O–H groups in total. The number of hydrogen-bond donors (Lipinski definition) is 1. The van der Waals surface area contributed by atoms with Crippen molar-refractivity contribution in [3.05, 3.63) is 48.0 Å². The van der Waals surface area contributed by atoms with Crippen LogP contribution in [0.5, 0.6) is 0 Å². The summed E-state index contributed by atoms with van der Waals surface area (Å²) in [7, 11) is 1.95. The van der Waals surface area contributed by atoms with Crippen LogP contribution in [0.4, 0.5) is 0 Å². The molecular formula is C15H18ClN3O. The molecule has 0 spiro atoms. The van der Waals surface area contributed by atoms with Gasteiger partial charge in [-0.25, -0.2) is 9.97 Å². The van der Waals surface area contributed by atoms with Crippen LogP contribution < -0.4 is 5.32 Å². The average molecular weight is 292 g/mol. The lowest BCUT2D eigenvalue weighted by Gasteiger charge is -2.27. The Kier molecular flexibility index (Phi) is 5.06. The van der Waals surface area contributed by atoms with Gasteiger partial charge in [0.25, 0.3) is 0 Å². The first-order chi connectivity index (χ1) is 9.40. The number of benzene rings is 1. The Morgan fingerprint density at radius 1 is 1.30 bits per heavy atom. The third kappa shape index (κ3) is 2.82. The van der Waals surface area contributed by atoms with Crippen LogP contribution in [0.3, 0.4) is 0 Å². The van der Waals surface area contributed by atoms with Gasteiger partial charge in [0.1, 0.15) is 6.33 Å². The number of halogens is 1. The van der Waals surface area contributed by atoms with Crippen molar-refractivity contribution < 1.29 is 4.74 Å². The molecule has 1 aromatic heterocycles. The zero-order valence-corrected chi connectivity index (χ0v) is 12.2. The summed E-state index contributed by atoms with van der Waals surface area (Å²) in [5, 5.41) is 3.19. The molecule has 1 aromatic carbocycles. The molecule has 0 radical (unpaired) electrons. The van der Waals surface area contributed by atoms with E-state index in [-0.39, 0.29) is 18.5 Å². The SMILES string of the molecule is CNCC1OCCc2c(-c3cncnc3)cccc21.Cl. The minimum atomic E-state index is 0. The normalized spacial score (nSPS) is 17.1. The molecule has 0 aliphatic carbocycles. The molecule has 2 heterocycles. The minimum absolute atomic E-state index is 0. The van der Waals surface area contributed by atoms with Gasteiger partial charge in [-0.2, -0.15) is 0 Å². The van der Waals surface area contributed by atoms with Crippen molar-refractivity contribution in [3.63, 3.8) is 0 Å². The largest absolute Gasteiger partial charge is 0.372 e. The summed E-state index contributed by atoms with van der Waals surface area (Å²) < 4.78 is 5.84. The van der Waals surface area contributed by atoms with Gasteiger partial charge in [0.05, 0.1) is 12.7 Å². The molecule has 1 unspecified atom stereocenters. The number of nitrogens with zero attached hydrogens (tertiary/aromatic N) is 2. The van der Waals surface area contributed by atoms with E-state index in [4.69, 9.17) is 4.74 Å². The van der Waals surface area contributed by atoms with Gasteiger partial charge in [-0.3, -0.25) is 0 Å². The fraction of sp³-hybridized carbons (Fsp3) is 0.333. The van der Waals surface area contributed by atoms with Gasteiger partial charge in [0, 0.05) is 24.5 Å². The van der Waals surface area contributed by atoms with Crippen LogP contribution in [0.15, 0.2) is 36.9 Å². The molecule has 0 fully saturated rings. The van der Waals surface area contributed by atoms with Crippen LogP contribution in [0.1, 0.15) is 17.2 Å². The Morgan fingerprint density at radius 3 is 2.85 bits per heavy atom. The van der Waals surface area contributed by atoms with Crippen molar-refractivity contribution in [1.29, 1.82) is 0 Å². The second-order valence-electron chi connectivity index (χ2n) is 4.67. The van der Waals surface area contributed by atoms with E-state index in [1.807, 2.05) is 19.4 Å². The third-order valence-electron chi connectivity index (χ3n) is 3.49. The highest BCUT2D eigenvalue weighted by Gasteiger charge is 2.22. The molecular weight excluding hydrogens is 274 g/mol. The number of likely N-dealkylation sites (N-methyl/N-ethyl adjacent to an activating group) is 1. The lowest BCUT2D eigenvalue weighted by Crippen LogP contribution is -2.25. The first-order valence-electron chi connectivity index (χ1n) is 6.53. The maximum Gasteiger partial charge on any atom is 0.115 e. The van der Waals surface area contributed by atoms with Crippen molar-refractivity contribution >= 4 is 12.4 Å². The highest BCUT2D eigenvalue weighted by molar-refractivity contribution is 5.85. The smallest absolute Gasteiger partial charge is 0.115 e. The summed E-state index contributed by atoms with van der Waals surface area (Å²) in [6.45, 7) is 1.60. The van der Waals surface area contributed by atoms with Crippen molar-refractivity contribution in [1.82, 2.24) is 15.3 Å². The van der Waals surface area contributed by atoms with Gasteiger partial charge in [-0.1, -0.05) is 18.2 Å². The molecule has 1 aliphatic heterocycles. The van der Waals surface area contributed by atoms with Crippen LogP contribution in [-0.2, 0) is 11.2 Å². The van der Waals surface area contributed by atoms with Gasteiger partial charge in [-0.05, 0) is 30.2 Å². The fourth-order valence-electron chi connectivity index (χ4n) is 2.64.